The summed E-state index contributed by atoms with van der Waals surface area (Å²) >= 11 is 4.92. The van der Waals surface area contributed by atoms with Gasteiger partial charge in [0.05, 0.1) is 5.69 Å². The van der Waals surface area contributed by atoms with Crippen LogP contribution in [0.2, 0.25) is 0 Å². The number of rotatable bonds is 5. The van der Waals surface area contributed by atoms with Crippen molar-refractivity contribution < 1.29 is 0 Å². The summed E-state index contributed by atoms with van der Waals surface area (Å²) in [5.74, 6) is 0. The van der Waals surface area contributed by atoms with Gasteiger partial charge in [-0.2, -0.15) is 0 Å². The van der Waals surface area contributed by atoms with E-state index >= 15 is 0 Å². The van der Waals surface area contributed by atoms with Crippen LogP contribution in [0.4, 0.5) is 0 Å². The molecule has 0 aromatic carbocycles. The summed E-state index contributed by atoms with van der Waals surface area (Å²) in [6.45, 7) is 5.11. The highest BCUT2D eigenvalue weighted by atomic mass is 32.1. The Bertz CT molecular complexity index is 319. The van der Waals surface area contributed by atoms with E-state index in [4.69, 9.17) is 18.0 Å². The van der Waals surface area contributed by atoms with E-state index < -0.39 is 0 Å². The Morgan fingerprint density at radius 1 is 1.43 bits per heavy atom. The second-order valence-corrected chi connectivity index (χ2v) is 3.66. The number of hydrogen-bond donors (Lipinski definition) is 1. The van der Waals surface area contributed by atoms with Gasteiger partial charge in [-0.25, -0.2) is 4.68 Å². The maximum atomic E-state index is 5.57. The van der Waals surface area contributed by atoms with Crippen molar-refractivity contribution in [2.24, 2.45) is 5.73 Å². The minimum absolute atomic E-state index is 0.343. The van der Waals surface area contributed by atoms with Crippen LogP contribution in [0.5, 0.6) is 0 Å². The molecule has 1 rings (SSSR count). The number of thiocarbonyl (C=S) groups is 1. The number of nitrogens with two attached hydrogens (primary N) is 1. The summed E-state index contributed by atoms with van der Waals surface area (Å²) < 4.78 is 1.90. The molecule has 0 aliphatic heterocycles. The van der Waals surface area contributed by atoms with E-state index in [1.54, 1.807) is 0 Å². The number of hydrogen-bond acceptors (Lipinski definition) is 3. The Kier molecular flexibility index (Phi) is 4.00. The van der Waals surface area contributed by atoms with Gasteiger partial charge in [-0.15, -0.1) is 5.10 Å². The van der Waals surface area contributed by atoms with Gasteiger partial charge in [-0.3, -0.25) is 0 Å². The molecule has 0 unspecified atom stereocenters. The molecule has 1 aromatic rings. The zero-order chi connectivity index (χ0) is 10.6. The number of aromatic nitrogens is 3. The summed E-state index contributed by atoms with van der Waals surface area (Å²) in [5, 5.41) is 8.04. The van der Waals surface area contributed by atoms with Crippen molar-refractivity contribution in [2.45, 2.75) is 39.7 Å². The molecule has 0 saturated heterocycles. The summed E-state index contributed by atoms with van der Waals surface area (Å²) in [7, 11) is 0. The topological polar surface area (TPSA) is 56.7 Å². The Labute approximate surface area is 89.5 Å². The van der Waals surface area contributed by atoms with Crippen molar-refractivity contribution in [1.82, 2.24) is 15.0 Å². The molecule has 2 N–H and O–H groups in total. The van der Waals surface area contributed by atoms with Crippen molar-refractivity contribution in [3.05, 3.63) is 11.4 Å². The fraction of sp³-hybridized carbons (Fsp3) is 0.667. The standard InChI is InChI=1S/C9H16N4S/c1-3-5-7-8(9(10)14)11-12-13(7)6-4-2/h3-6H2,1-2H3,(H2,10,14). The third-order valence-corrected chi connectivity index (χ3v) is 2.19. The van der Waals surface area contributed by atoms with Gasteiger partial charge >= 0.3 is 0 Å². The first-order chi connectivity index (χ1) is 6.70. The third-order valence-electron chi connectivity index (χ3n) is 1.99. The fourth-order valence-electron chi connectivity index (χ4n) is 1.40. The second-order valence-electron chi connectivity index (χ2n) is 3.22. The summed E-state index contributed by atoms with van der Waals surface area (Å²) in [6, 6.07) is 0. The van der Waals surface area contributed by atoms with E-state index in [1.807, 2.05) is 4.68 Å². The Morgan fingerprint density at radius 2 is 2.14 bits per heavy atom. The molecule has 0 amide bonds. The van der Waals surface area contributed by atoms with Crippen LogP contribution in [0.15, 0.2) is 0 Å². The van der Waals surface area contributed by atoms with Crippen molar-refractivity contribution in [3.63, 3.8) is 0 Å². The first-order valence-corrected chi connectivity index (χ1v) is 5.33. The van der Waals surface area contributed by atoms with Crippen molar-refractivity contribution in [3.8, 4) is 0 Å². The van der Waals surface area contributed by atoms with E-state index in [1.165, 1.54) is 0 Å². The van der Waals surface area contributed by atoms with E-state index in [-0.39, 0.29) is 0 Å². The zero-order valence-electron chi connectivity index (χ0n) is 8.66. The lowest BCUT2D eigenvalue weighted by Crippen LogP contribution is -2.14. The van der Waals surface area contributed by atoms with Gasteiger partial charge in [-0.1, -0.05) is 37.7 Å². The normalized spacial score (nSPS) is 10.4. The molecule has 0 aliphatic carbocycles. The average molecular weight is 212 g/mol. The minimum atomic E-state index is 0.343. The molecule has 0 spiro atoms. The first kappa shape index (κ1) is 11.1. The van der Waals surface area contributed by atoms with Crippen LogP contribution >= 0.6 is 12.2 Å². The van der Waals surface area contributed by atoms with Crippen molar-refractivity contribution in [2.75, 3.05) is 0 Å². The van der Waals surface area contributed by atoms with Crippen LogP contribution in [0.25, 0.3) is 0 Å². The lowest BCUT2D eigenvalue weighted by atomic mass is 10.2. The smallest absolute Gasteiger partial charge is 0.143 e. The molecule has 4 nitrogen and oxygen atoms in total. The monoisotopic (exact) mass is 212 g/mol. The highest BCUT2D eigenvalue weighted by molar-refractivity contribution is 7.80. The minimum Gasteiger partial charge on any atom is -0.388 e. The third kappa shape index (κ3) is 2.29. The maximum Gasteiger partial charge on any atom is 0.143 e. The number of nitrogens with zero attached hydrogens (tertiary/aromatic N) is 3. The van der Waals surface area contributed by atoms with Crippen LogP contribution in [0, 0.1) is 0 Å². The average Bonchev–Trinajstić information content (AvgIpc) is 2.50. The lowest BCUT2D eigenvalue weighted by Gasteiger charge is -2.04. The Balaban J connectivity index is 3.00. The molecule has 0 fully saturated rings. The molecule has 14 heavy (non-hydrogen) atoms. The molecular formula is C9H16N4S. The molecule has 0 radical (unpaired) electrons. The highest BCUT2D eigenvalue weighted by Crippen LogP contribution is 2.08. The molecule has 0 aliphatic rings. The van der Waals surface area contributed by atoms with Gasteiger partial charge in [0.15, 0.2) is 0 Å². The molecular weight excluding hydrogens is 196 g/mol. The predicted molar refractivity (Wildman–Crippen MR) is 60.2 cm³/mol. The van der Waals surface area contributed by atoms with E-state index in [2.05, 4.69) is 24.2 Å². The van der Waals surface area contributed by atoms with Gasteiger partial charge in [0.25, 0.3) is 0 Å². The van der Waals surface area contributed by atoms with E-state index in [0.29, 0.717) is 10.7 Å². The van der Waals surface area contributed by atoms with Crippen LogP contribution in [0.3, 0.4) is 0 Å². The van der Waals surface area contributed by atoms with Crippen LogP contribution < -0.4 is 5.73 Å². The van der Waals surface area contributed by atoms with Crippen molar-refractivity contribution >= 4 is 17.2 Å². The van der Waals surface area contributed by atoms with Crippen LogP contribution in [-0.4, -0.2) is 20.0 Å². The molecule has 0 saturated carbocycles. The molecule has 0 atom stereocenters. The van der Waals surface area contributed by atoms with Gasteiger partial charge in [0.2, 0.25) is 0 Å². The predicted octanol–water partition coefficient (Wildman–Crippen LogP) is 1.27. The largest absolute Gasteiger partial charge is 0.388 e. The highest BCUT2D eigenvalue weighted by Gasteiger charge is 2.13. The fourth-order valence-corrected chi connectivity index (χ4v) is 1.56. The SMILES string of the molecule is CCCc1c(C(N)=S)nnn1CCC. The summed E-state index contributed by atoms with van der Waals surface area (Å²) in [5.41, 5.74) is 7.33. The van der Waals surface area contributed by atoms with E-state index in [0.717, 1.165) is 31.5 Å². The Hall–Kier alpha value is -0.970. The summed E-state index contributed by atoms with van der Waals surface area (Å²) in [6.07, 6.45) is 3.02. The molecule has 78 valence electrons. The van der Waals surface area contributed by atoms with Gasteiger partial charge in [0.1, 0.15) is 10.7 Å². The summed E-state index contributed by atoms with van der Waals surface area (Å²) in [4.78, 5) is 0.343. The molecule has 1 aromatic heterocycles. The molecule has 5 heteroatoms. The Morgan fingerprint density at radius 3 is 2.64 bits per heavy atom. The zero-order valence-corrected chi connectivity index (χ0v) is 9.47. The van der Waals surface area contributed by atoms with Crippen LogP contribution in [0.1, 0.15) is 38.1 Å². The van der Waals surface area contributed by atoms with Gasteiger partial charge < -0.3 is 5.73 Å². The number of aryl methyl sites for hydroxylation is 1. The first-order valence-electron chi connectivity index (χ1n) is 4.92. The van der Waals surface area contributed by atoms with Gasteiger partial charge in [-0.05, 0) is 12.8 Å². The van der Waals surface area contributed by atoms with Gasteiger partial charge in [0, 0.05) is 6.54 Å². The second kappa shape index (κ2) is 5.05. The lowest BCUT2D eigenvalue weighted by molar-refractivity contribution is 0.552. The quantitative estimate of drug-likeness (QED) is 0.747. The molecule has 1 heterocycles. The van der Waals surface area contributed by atoms with Crippen molar-refractivity contribution in [1.29, 1.82) is 0 Å². The van der Waals surface area contributed by atoms with Crippen LogP contribution in [-0.2, 0) is 13.0 Å². The molecule has 0 bridgehead atoms. The van der Waals surface area contributed by atoms with E-state index in [9.17, 15) is 0 Å². The maximum absolute atomic E-state index is 5.57.